The number of pyridine rings is 3. The van der Waals surface area contributed by atoms with Gasteiger partial charge in [0.1, 0.15) is 23.5 Å². The van der Waals surface area contributed by atoms with Gasteiger partial charge in [0.25, 0.3) is 17.7 Å². The minimum Gasteiger partial charge on any atom is -0.381 e. The van der Waals surface area contributed by atoms with Gasteiger partial charge in [0, 0.05) is 71.6 Å². The monoisotopic (exact) mass is 1440 g/mol. The summed E-state index contributed by atoms with van der Waals surface area (Å²) in [4.78, 5) is 78.1. The highest BCUT2D eigenvalue weighted by Crippen LogP contribution is 2.30. The van der Waals surface area contributed by atoms with E-state index < -0.39 is 0 Å². The van der Waals surface area contributed by atoms with Gasteiger partial charge in [-0.1, -0.05) is 152 Å². The van der Waals surface area contributed by atoms with Crippen LogP contribution in [-0.2, 0) is 4.74 Å². The summed E-state index contributed by atoms with van der Waals surface area (Å²) in [7, 11) is 0. The molecule has 0 atom stereocenters. The molecule has 8 aromatic carbocycles. The third-order valence-corrected chi connectivity index (χ3v) is 17.4. The number of ether oxygens (including phenoxy) is 1. The van der Waals surface area contributed by atoms with Crippen molar-refractivity contribution in [3.8, 4) is 57.2 Å². The van der Waals surface area contributed by atoms with Gasteiger partial charge >= 0.3 is 0 Å². The lowest BCUT2D eigenvalue weighted by Gasteiger charge is -2.18. The number of carbonyl (C=O) groups excluding carboxylic acids is 3. The van der Waals surface area contributed by atoms with E-state index in [1.807, 2.05) is 276 Å². The number of hydrogen-bond acceptors (Lipinski definition) is 18. The van der Waals surface area contributed by atoms with Crippen LogP contribution in [0.25, 0.3) is 68.1 Å². The van der Waals surface area contributed by atoms with Crippen molar-refractivity contribution >= 4 is 58.2 Å². The first-order valence-electron chi connectivity index (χ1n) is 35.0. The van der Waals surface area contributed by atoms with E-state index in [0.29, 0.717) is 69.2 Å². The summed E-state index contributed by atoms with van der Waals surface area (Å²) in [5.74, 6) is 4.17. The number of nitrogens with zero attached hydrogens (tertiary/aromatic N) is 17. The maximum atomic E-state index is 12.8. The average molecular weight is 1440 g/mol. The quantitative estimate of drug-likeness (QED) is 0.0699. The molecule has 1 fully saturated rings. The molecule has 0 unspecified atom stereocenters. The van der Waals surface area contributed by atoms with Gasteiger partial charge in [0.05, 0.1) is 28.3 Å². The van der Waals surface area contributed by atoms with Crippen LogP contribution in [0.2, 0.25) is 0 Å². The zero-order valence-corrected chi connectivity index (χ0v) is 59.4. The van der Waals surface area contributed by atoms with Crippen LogP contribution in [0.15, 0.2) is 298 Å². The Balaban J connectivity index is 0.000000121. The number of aromatic nitrogens is 17. The van der Waals surface area contributed by atoms with Gasteiger partial charge in [-0.25, -0.2) is 14.6 Å². The predicted octanol–water partition coefficient (Wildman–Crippen LogP) is 15.5. The normalized spacial score (nSPS) is 11.7. The molecule has 0 bridgehead atoms. The Kier molecular flexibility index (Phi) is 22.4. The standard InChI is InChI=1S/C21H15N7.2C21H17N5O.C21H22N4O2/c1-2-8-15(9-3-1)28-21(26-20(27-28)18-12-6-7-13-22-18)25-19-16-10-4-5-11-17(16)23-14-24-19;1-15-9-5-6-12-17(15)20(27)24-21-23-19(18-13-7-8-14-22-18)26(25-21)16-10-3-2-4-11-16;1-15-8-5-6-12-18(15)20(27)24-21-23-19(16-9-7-13-22-14-16)25-26(21)17-10-3-2-4-11-17;1-15-7-5-6-10-18(15)20(26)23-21-22-19(16-11-13-27-14-12-16)24-25(21)17-8-3-2-4-9-17/h1-14H,(H,23,24,25,26,27);2-14H,1H3,(H,24,25,27);2-14H,1H3,(H,23,24,25,27);2-10,16H,11-14H2,1H3,(H,22,23,24,26). The molecular weight excluding hydrogens is 1370 g/mol. The Bertz CT molecular complexity index is 5660. The molecule has 8 aromatic heterocycles. The SMILES string of the molecule is Cc1ccccc1C(=O)Nc1nc(-c2ccccn2)n(-c2ccccc2)n1.Cc1ccccc1C(=O)Nc1nc(-c2cccnc2)nn1-c1ccccc1.Cc1ccccc1C(=O)Nc1nc(C2CCOCC2)nn1-c1ccccc1.c1ccc(-n2nc(-c3ccccn3)nc2Nc2ncnc3ccccc23)cc1. The molecule has 1 aliphatic heterocycles. The Morgan fingerprint density at radius 1 is 0.394 bits per heavy atom. The second-order valence-electron chi connectivity index (χ2n) is 24.8. The third kappa shape index (κ3) is 17.4. The summed E-state index contributed by atoms with van der Waals surface area (Å²) < 4.78 is 12.2. The lowest BCUT2D eigenvalue weighted by Crippen LogP contribution is -2.17. The van der Waals surface area contributed by atoms with Crippen molar-refractivity contribution in [2.45, 2.75) is 39.5 Å². The second-order valence-corrected chi connectivity index (χ2v) is 24.8. The number of hydrogen-bond donors (Lipinski definition) is 4. The van der Waals surface area contributed by atoms with E-state index >= 15 is 0 Å². The Morgan fingerprint density at radius 3 is 1.40 bits per heavy atom. The molecule has 109 heavy (non-hydrogen) atoms. The fourth-order valence-electron chi connectivity index (χ4n) is 11.8. The predicted molar refractivity (Wildman–Crippen MR) is 418 cm³/mol. The largest absolute Gasteiger partial charge is 0.381 e. The first kappa shape index (κ1) is 71.3. The molecule has 25 nitrogen and oxygen atoms in total. The average Bonchev–Trinajstić information content (AvgIpc) is 1.65. The van der Waals surface area contributed by atoms with Crippen molar-refractivity contribution in [3.63, 3.8) is 0 Å². The minimum atomic E-state index is -0.245. The van der Waals surface area contributed by atoms with Crippen LogP contribution in [0.1, 0.15) is 72.3 Å². The van der Waals surface area contributed by atoms with E-state index in [4.69, 9.17) is 9.84 Å². The summed E-state index contributed by atoms with van der Waals surface area (Å²) in [5.41, 5.74) is 10.9. The van der Waals surface area contributed by atoms with Crippen molar-refractivity contribution in [1.82, 2.24) is 84.0 Å². The number of amides is 3. The molecule has 4 N–H and O–H groups in total. The maximum Gasteiger partial charge on any atom is 0.258 e. The summed E-state index contributed by atoms with van der Waals surface area (Å²) in [6.07, 6.45) is 10.1. The molecule has 3 amide bonds. The molecule has 1 aliphatic rings. The number of carbonyl (C=O) groups is 3. The van der Waals surface area contributed by atoms with Gasteiger partial charge < -0.3 is 10.1 Å². The van der Waals surface area contributed by atoms with Crippen LogP contribution in [0.3, 0.4) is 0 Å². The lowest BCUT2D eigenvalue weighted by atomic mass is 10.00. The van der Waals surface area contributed by atoms with Gasteiger partial charge in [-0.15, -0.1) is 20.4 Å². The maximum absolute atomic E-state index is 12.8. The summed E-state index contributed by atoms with van der Waals surface area (Å²) >= 11 is 0. The van der Waals surface area contributed by atoms with Crippen LogP contribution < -0.4 is 21.3 Å². The fraction of sp³-hybridized carbons (Fsp3) is 0.0952. The Hall–Kier alpha value is -14.7. The molecule has 0 saturated carbocycles. The third-order valence-electron chi connectivity index (χ3n) is 17.4. The Morgan fingerprint density at radius 2 is 0.862 bits per heavy atom. The molecule has 17 rings (SSSR count). The highest BCUT2D eigenvalue weighted by Gasteiger charge is 2.26. The van der Waals surface area contributed by atoms with E-state index in [0.717, 1.165) is 87.8 Å². The molecule has 0 spiro atoms. The molecule has 0 aliphatic carbocycles. The number of para-hydroxylation sites is 5. The number of aryl methyl sites for hydroxylation is 3. The molecule has 0 radical (unpaired) electrons. The number of benzene rings is 8. The number of rotatable bonds is 16. The van der Waals surface area contributed by atoms with Crippen molar-refractivity contribution in [2.24, 2.45) is 0 Å². The van der Waals surface area contributed by atoms with Crippen LogP contribution in [0.4, 0.5) is 29.6 Å². The van der Waals surface area contributed by atoms with E-state index in [-0.39, 0.29) is 29.6 Å². The van der Waals surface area contributed by atoms with Gasteiger partial charge in [-0.3, -0.25) is 45.3 Å². The first-order chi connectivity index (χ1) is 53.5. The van der Waals surface area contributed by atoms with Crippen molar-refractivity contribution in [3.05, 3.63) is 337 Å². The first-order valence-corrected chi connectivity index (χ1v) is 35.0. The van der Waals surface area contributed by atoms with Crippen LogP contribution >= 0.6 is 0 Å². The van der Waals surface area contributed by atoms with Crippen molar-refractivity contribution in [2.75, 3.05) is 34.5 Å². The summed E-state index contributed by atoms with van der Waals surface area (Å²) in [6.45, 7) is 7.15. The van der Waals surface area contributed by atoms with Gasteiger partial charge in [-0.2, -0.15) is 34.0 Å². The van der Waals surface area contributed by atoms with Crippen LogP contribution in [0, 0.1) is 20.8 Å². The summed E-state index contributed by atoms with van der Waals surface area (Å²) in [6, 6.07) is 83.9. The highest BCUT2D eigenvalue weighted by molar-refractivity contribution is 6.06. The van der Waals surface area contributed by atoms with E-state index in [1.54, 1.807) is 55.6 Å². The smallest absolute Gasteiger partial charge is 0.258 e. The molecule has 1 saturated heterocycles. The molecule has 25 heteroatoms. The van der Waals surface area contributed by atoms with Crippen LogP contribution in [0.5, 0.6) is 0 Å². The summed E-state index contributed by atoms with van der Waals surface area (Å²) in [5, 5.41) is 31.3. The zero-order chi connectivity index (χ0) is 74.7. The van der Waals surface area contributed by atoms with Gasteiger partial charge in [0.15, 0.2) is 17.5 Å². The molecule has 9 heterocycles. The second kappa shape index (κ2) is 34.3. The molecule has 536 valence electrons. The van der Waals surface area contributed by atoms with E-state index in [1.165, 1.54) is 6.33 Å². The van der Waals surface area contributed by atoms with Crippen molar-refractivity contribution < 1.29 is 19.1 Å². The minimum absolute atomic E-state index is 0.184. The topological polar surface area (TPSA) is 296 Å². The molecule has 16 aromatic rings. The van der Waals surface area contributed by atoms with Crippen LogP contribution in [-0.4, -0.2) is 115 Å². The lowest BCUT2D eigenvalue weighted by molar-refractivity contribution is 0.0836. The van der Waals surface area contributed by atoms with E-state index in [2.05, 4.69) is 81.4 Å². The number of nitrogens with one attached hydrogen (secondary N) is 4. The molecular formula is C84H71N21O4. The van der Waals surface area contributed by atoms with Gasteiger partial charge in [0.2, 0.25) is 29.6 Å². The van der Waals surface area contributed by atoms with E-state index in [9.17, 15) is 14.4 Å². The zero-order valence-electron chi connectivity index (χ0n) is 59.4. The van der Waals surface area contributed by atoms with Gasteiger partial charge in [-0.05, 0) is 166 Å². The van der Waals surface area contributed by atoms with Crippen molar-refractivity contribution in [1.29, 1.82) is 0 Å². The number of fused-ring (bicyclic) bond motifs is 1. The fourth-order valence-corrected chi connectivity index (χ4v) is 11.8. The number of anilines is 5. The highest BCUT2D eigenvalue weighted by atomic mass is 16.5. The Labute approximate surface area is 626 Å².